The third-order valence-corrected chi connectivity index (χ3v) is 4.21. The van der Waals surface area contributed by atoms with Crippen molar-refractivity contribution in [2.75, 3.05) is 11.4 Å². The topological polar surface area (TPSA) is 49.4 Å². The van der Waals surface area contributed by atoms with Crippen molar-refractivity contribution in [1.29, 1.82) is 0 Å². The highest BCUT2D eigenvalue weighted by Crippen LogP contribution is 2.39. The number of hydrogen-bond acceptors (Lipinski definition) is 3. The molecule has 1 amide bonds. The molecule has 110 valence electrons. The molecule has 2 aromatic rings. The molecule has 1 N–H and O–H groups in total. The van der Waals surface area contributed by atoms with Crippen LogP contribution in [0, 0.1) is 5.82 Å². The predicted octanol–water partition coefficient (Wildman–Crippen LogP) is 2.66. The summed E-state index contributed by atoms with van der Waals surface area (Å²) in [5, 5.41) is 2.94. The number of carbonyl (C=O) groups is 2. The molecule has 0 bridgehead atoms. The minimum atomic E-state index is -0.380. The van der Waals surface area contributed by atoms with Gasteiger partial charge in [0.05, 0.1) is 11.3 Å². The van der Waals surface area contributed by atoms with Gasteiger partial charge >= 0.3 is 0 Å². The third-order valence-electron chi connectivity index (χ3n) is 4.21. The van der Waals surface area contributed by atoms with Gasteiger partial charge in [0.1, 0.15) is 12.0 Å². The number of benzene rings is 2. The van der Waals surface area contributed by atoms with Crippen LogP contribution in [0.2, 0.25) is 0 Å². The SMILES string of the molecule is O=C1CCN2c3c1cccc3C(=O)NC2c1ccc(F)cc1. The van der Waals surface area contributed by atoms with Crippen LogP contribution in [-0.4, -0.2) is 18.2 Å². The van der Waals surface area contributed by atoms with E-state index in [1.54, 1.807) is 30.3 Å². The van der Waals surface area contributed by atoms with Crippen molar-refractivity contribution in [3.8, 4) is 0 Å². The summed E-state index contributed by atoms with van der Waals surface area (Å²) in [6.45, 7) is 0.533. The number of nitrogens with zero attached hydrogens (tertiary/aromatic N) is 1. The quantitative estimate of drug-likeness (QED) is 0.880. The molecule has 0 saturated carbocycles. The average Bonchev–Trinajstić information content (AvgIpc) is 2.53. The van der Waals surface area contributed by atoms with E-state index in [2.05, 4.69) is 5.32 Å². The van der Waals surface area contributed by atoms with Crippen molar-refractivity contribution in [2.24, 2.45) is 0 Å². The Bertz CT molecular complexity index is 771. The van der Waals surface area contributed by atoms with E-state index in [1.807, 2.05) is 4.90 Å². The molecular formula is C17H13FN2O2. The van der Waals surface area contributed by atoms with Gasteiger partial charge < -0.3 is 10.2 Å². The maximum atomic E-state index is 13.1. The highest BCUT2D eigenvalue weighted by molar-refractivity contribution is 6.11. The number of halogens is 1. The lowest BCUT2D eigenvalue weighted by atomic mass is 9.92. The number of carbonyl (C=O) groups excluding carboxylic acids is 2. The van der Waals surface area contributed by atoms with Crippen LogP contribution < -0.4 is 10.2 Å². The minimum Gasteiger partial charge on any atom is -0.346 e. The Balaban J connectivity index is 1.87. The first-order valence-electron chi connectivity index (χ1n) is 7.14. The molecule has 2 aromatic carbocycles. The Hall–Kier alpha value is -2.69. The number of ketones is 1. The highest BCUT2D eigenvalue weighted by atomic mass is 19.1. The van der Waals surface area contributed by atoms with Crippen molar-refractivity contribution in [3.63, 3.8) is 0 Å². The first-order valence-corrected chi connectivity index (χ1v) is 7.14. The summed E-state index contributed by atoms with van der Waals surface area (Å²) in [4.78, 5) is 26.5. The molecule has 4 rings (SSSR count). The summed E-state index contributed by atoms with van der Waals surface area (Å²) in [5.41, 5.74) is 2.59. The zero-order valence-corrected chi connectivity index (χ0v) is 11.7. The van der Waals surface area contributed by atoms with Crippen molar-refractivity contribution < 1.29 is 14.0 Å². The largest absolute Gasteiger partial charge is 0.346 e. The summed E-state index contributed by atoms with van der Waals surface area (Å²) in [7, 11) is 0. The van der Waals surface area contributed by atoms with Gasteiger partial charge in [0.15, 0.2) is 5.78 Å². The Kier molecular flexibility index (Phi) is 2.76. The van der Waals surface area contributed by atoms with Gasteiger partial charge in [-0.05, 0) is 29.8 Å². The third kappa shape index (κ3) is 1.82. The molecule has 0 radical (unpaired) electrons. The van der Waals surface area contributed by atoms with Gasteiger partial charge in [-0.2, -0.15) is 0 Å². The number of amides is 1. The molecule has 0 fully saturated rings. The number of para-hydroxylation sites is 1. The average molecular weight is 296 g/mol. The van der Waals surface area contributed by atoms with Crippen LogP contribution in [-0.2, 0) is 0 Å². The summed E-state index contributed by atoms with van der Waals surface area (Å²) in [5.74, 6) is -0.474. The number of nitrogens with one attached hydrogen (secondary N) is 1. The molecule has 22 heavy (non-hydrogen) atoms. The van der Waals surface area contributed by atoms with Crippen molar-refractivity contribution in [1.82, 2.24) is 5.32 Å². The second-order valence-electron chi connectivity index (χ2n) is 5.50. The fraction of sp³-hybridized carbons (Fsp3) is 0.176. The summed E-state index contributed by atoms with van der Waals surface area (Å²) < 4.78 is 13.1. The zero-order valence-electron chi connectivity index (χ0n) is 11.7. The second-order valence-corrected chi connectivity index (χ2v) is 5.50. The van der Waals surface area contributed by atoms with E-state index < -0.39 is 0 Å². The molecule has 4 nitrogen and oxygen atoms in total. The number of anilines is 1. The molecule has 1 atom stereocenters. The van der Waals surface area contributed by atoms with Gasteiger partial charge in [-0.15, -0.1) is 0 Å². The molecule has 1 unspecified atom stereocenters. The number of hydrogen-bond donors (Lipinski definition) is 1. The van der Waals surface area contributed by atoms with E-state index in [1.165, 1.54) is 12.1 Å². The van der Waals surface area contributed by atoms with Gasteiger partial charge in [-0.1, -0.05) is 18.2 Å². The molecule has 0 aromatic heterocycles. The molecule has 0 aliphatic carbocycles. The Morgan fingerprint density at radius 1 is 1.05 bits per heavy atom. The van der Waals surface area contributed by atoms with Gasteiger partial charge in [-0.3, -0.25) is 9.59 Å². The molecule has 5 heteroatoms. The Morgan fingerprint density at radius 2 is 1.77 bits per heavy atom. The second kappa shape index (κ2) is 4.66. The fourth-order valence-corrected chi connectivity index (χ4v) is 3.18. The van der Waals surface area contributed by atoms with Crippen LogP contribution >= 0.6 is 0 Å². The van der Waals surface area contributed by atoms with Crippen molar-refractivity contribution in [3.05, 3.63) is 65.0 Å². The molecule has 2 aliphatic rings. The monoisotopic (exact) mass is 296 g/mol. The lowest BCUT2D eigenvalue weighted by Gasteiger charge is -2.42. The van der Waals surface area contributed by atoms with E-state index in [0.29, 0.717) is 29.8 Å². The van der Waals surface area contributed by atoms with E-state index in [0.717, 1.165) is 5.56 Å². The van der Waals surface area contributed by atoms with Crippen LogP contribution in [0.1, 0.15) is 38.9 Å². The maximum absolute atomic E-state index is 13.1. The van der Waals surface area contributed by atoms with Crippen molar-refractivity contribution >= 4 is 17.4 Å². The Labute approximate surface area is 126 Å². The number of Topliss-reactive ketones (excluding diaryl/α,β-unsaturated/α-hetero) is 1. The molecule has 2 aliphatic heterocycles. The van der Waals surface area contributed by atoms with Crippen LogP contribution in [0.5, 0.6) is 0 Å². The molecule has 2 heterocycles. The van der Waals surface area contributed by atoms with E-state index in [4.69, 9.17) is 0 Å². The maximum Gasteiger partial charge on any atom is 0.255 e. The van der Waals surface area contributed by atoms with Crippen LogP contribution in [0.3, 0.4) is 0 Å². The normalized spacial score (nSPS) is 19.7. The lowest BCUT2D eigenvalue weighted by molar-refractivity contribution is 0.0921. The molecular weight excluding hydrogens is 283 g/mol. The van der Waals surface area contributed by atoms with Gasteiger partial charge in [0.25, 0.3) is 5.91 Å². The van der Waals surface area contributed by atoms with Gasteiger partial charge in [0.2, 0.25) is 0 Å². The lowest BCUT2D eigenvalue weighted by Crippen LogP contribution is -2.49. The predicted molar refractivity (Wildman–Crippen MR) is 79.3 cm³/mol. The molecule has 0 spiro atoms. The fourth-order valence-electron chi connectivity index (χ4n) is 3.18. The van der Waals surface area contributed by atoms with E-state index in [9.17, 15) is 14.0 Å². The van der Waals surface area contributed by atoms with Crippen LogP contribution in [0.15, 0.2) is 42.5 Å². The minimum absolute atomic E-state index is 0.0562. The first-order chi connectivity index (χ1) is 10.6. The number of rotatable bonds is 1. The molecule has 0 saturated heterocycles. The van der Waals surface area contributed by atoms with E-state index >= 15 is 0 Å². The summed E-state index contributed by atoms with van der Waals surface area (Å²) in [6.07, 6.45) is 0.0270. The van der Waals surface area contributed by atoms with Crippen LogP contribution in [0.4, 0.5) is 10.1 Å². The summed E-state index contributed by atoms with van der Waals surface area (Å²) >= 11 is 0. The Morgan fingerprint density at radius 3 is 2.55 bits per heavy atom. The van der Waals surface area contributed by atoms with Crippen LogP contribution in [0.25, 0.3) is 0 Å². The zero-order chi connectivity index (χ0) is 15.3. The highest BCUT2D eigenvalue weighted by Gasteiger charge is 2.37. The summed E-state index contributed by atoms with van der Waals surface area (Å²) in [6, 6.07) is 11.3. The van der Waals surface area contributed by atoms with Gasteiger partial charge in [-0.25, -0.2) is 4.39 Å². The smallest absolute Gasteiger partial charge is 0.255 e. The van der Waals surface area contributed by atoms with E-state index in [-0.39, 0.29) is 23.7 Å². The van der Waals surface area contributed by atoms with Gasteiger partial charge in [0, 0.05) is 18.5 Å². The first kappa shape index (κ1) is 13.0. The van der Waals surface area contributed by atoms with Crippen molar-refractivity contribution in [2.45, 2.75) is 12.6 Å². The standard InChI is InChI=1S/C17H13FN2O2/c18-11-6-4-10(5-7-11)16-19-17(22)13-3-1-2-12-14(21)8-9-20(16)15(12)13/h1-7,16H,8-9H2,(H,19,22).